The number of hydrogen-bond donors (Lipinski definition) is 0. The second-order valence-corrected chi connectivity index (χ2v) is 6.64. The van der Waals surface area contributed by atoms with Crippen molar-refractivity contribution in [1.82, 2.24) is 9.80 Å². The molecule has 0 saturated carbocycles. The van der Waals surface area contributed by atoms with Gasteiger partial charge in [0.25, 0.3) is 0 Å². The fraction of sp³-hybridized carbons (Fsp3) is 0.381. The summed E-state index contributed by atoms with van der Waals surface area (Å²) in [4.78, 5) is 17.1. The Morgan fingerprint density at radius 3 is 2.42 bits per heavy atom. The summed E-state index contributed by atoms with van der Waals surface area (Å²) in [7, 11) is 3.71. The molecule has 1 heterocycles. The van der Waals surface area contributed by atoms with Crippen molar-refractivity contribution in [2.45, 2.75) is 6.61 Å². The first kappa shape index (κ1) is 18.4. The van der Waals surface area contributed by atoms with Crippen LogP contribution in [0.25, 0.3) is 0 Å². The van der Waals surface area contributed by atoms with E-state index in [1.54, 1.807) is 13.2 Å². The Morgan fingerprint density at radius 1 is 1.00 bits per heavy atom. The lowest BCUT2D eigenvalue weighted by molar-refractivity contribution is 0.0876. The molecule has 1 aliphatic rings. The van der Waals surface area contributed by atoms with Crippen LogP contribution in [0.5, 0.6) is 11.5 Å². The minimum Gasteiger partial charge on any atom is -0.493 e. The molecule has 26 heavy (non-hydrogen) atoms. The summed E-state index contributed by atoms with van der Waals surface area (Å²) in [5, 5.41) is 0. The fourth-order valence-corrected chi connectivity index (χ4v) is 3.00. The van der Waals surface area contributed by atoms with Crippen molar-refractivity contribution in [3.8, 4) is 11.5 Å². The van der Waals surface area contributed by atoms with Gasteiger partial charge in [-0.3, -0.25) is 9.69 Å². The van der Waals surface area contributed by atoms with Gasteiger partial charge in [0.1, 0.15) is 6.61 Å². The summed E-state index contributed by atoms with van der Waals surface area (Å²) in [5.74, 6) is 1.35. The van der Waals surface area contributed by atoms with Crippen LogP contribution in [0.15, 0.2) is 48.5 Å². The number of nitrogens with zero attached hydrogens (tertiary/aromatic N) is 2. The van der Waals surface area contributed by atoms with Gasteiger partial charge in [-0.15, -0.1) is 0 Å². The normalized spacial score (nSPS) is 15.6. The Hall–Kier alpha value is -2.37. The van der Waals surface area contributed by atoms with Crippen LogP contribution >= 0.6 is 0 Å². The number of hydrogen-bond acceptors (Lipinski definition) is 5. The third kappa shape index (κ3) is 4.84. The van der Waals surface area contributed by atoms with Gasteiger partial charge in [0.15, 0.2) is 17.3 Å². The molecule has 2 aromatic rings. The number of benzene rings is 2. The standard InChI is InChI=1S/C21H26N2O3/c1-22-10-12-23(13-11-22)15-19(24)18-8-9-20(21(14-18)25-2)26-16-17-6-4-3-5-7-17/h3-9,14H,10-13,15-16H2,1-2H3. The van der Waals surface area contributed by atoms with E-state index in [9.17, 15) is 4.79 Å². The van der Waals surface area contributed by atoms with E-state index < -0.39 is 0 Å². The lowest BCUT2D eigenvalue weighted by Gasteiger charge is -2.31. The van der Waals surface area contributed by atoms with Gasteiger partial charge in [-0.05, 0) is 30.8 Å². The van der Waals surface area contributed by atoms with Crippen molar-refractivity contribution < 1.29 is 14.3 Å². The molecular weight excluding hydrogens is 328 g/mol. The molecule has 1 fully saturated rings. The maximum atomic E-state index is 12.6. The minimum atomic E-state index is 0.113. The topological polar surface area (TPSA) is 42.0 Å². The molecule has 5 nitrogen and oxygen atoms in total. The van der Waals surface area contributed by atoms with Crippen molar-refractivity contribution in [2.75, 3.05) is 46.9 Å². The van der Waals surface area contributed by atoms with Crippen LogP contribution in [0, 0.1) is 0 Å². The Balaban J connectivity index is 1.63. The average molecular weight is 354 g/mol. The van der Waals surface area contributed by atoms with Gasteiger partial charge in [0.2, 0.25) is 0 Å². The summed E-state index contributed by atoms with van der Waals surface area (Å²) in [6.45, 7) is 4.77. The molecule has 0 aromatic heterocycles. The van der Waals surface area contributed by atoms with Crippen molar-refractivity contribution in [1.29, 1.82) is 0 Å². The number of ether oxygens (including phenoxy) is 2. The Kier molecular flexibility index (Phi) is 6.26. The number of likely N-dealkylation sites (N-methyl/N-ethyl adjacent to an activating group) is 1. The van der Waals surface area contributed by atoms with Gasteiger partial charge in [-0.25, -0.2) is 0 Å². The van der Waals surface area contributed by atoms with Crippen molar-refractivity contribution >= 4 is 5.78 Å². The third-order valence-corrected chi connectivity index (χ3v) is 4.69. The van der Waals surface area contributed by atoms with Crippen LogP contribution in [0.3, 0.4) is 0 Å². The SMILES string of the molecule is COc1cc(C(=O)CN2CCN(C)CC2)ccc1OCc1ccccc1. The minimum absolute atomic E-state index is 0.113. The highest BCUT2D eigenvalue weighted by atomic mass is 16.5. The lowest BCUT2D eigenvalue weighted by Crippen LogP contribution is -2.46. The molecule has 0 N–H and O–H groups in total. The van der Waals surface area contributed by atoms with E-state index >= 15 is 0 Å². The van der Waals surface area contributed by atoms with Crippen molar-refractivity contribution in [2.24, 2.45) is 0 Å². The number of rotatable bonds is 7. The van der Waals surface area contributed by atoms with E-state index in [4.69, 9.17) is 9.47 Å². The molecule has 0 atom stereocenters. The molecule has 1 saturated heterocycles. The molecule has 0 unspecified atom stereocenters. The first-order valence-electron chi connectivity index (χ1n) is 8.94. The van der Waals surface area contributed by atoms with Crippen LogP contribution in [-0.4, -0.2) is 62.5 Å². The molecule has 3 rings (SSSR count). The molecule has 0 amide bonds. The highest BCUT2D eigenvalue weighted by Gasteiger charge is 2.18. The summed E-state index contributed by atoms with van der Waals surface area (Å²) >= 11 is 0. The molecular formula is C21H26N2O3. The number of ketones is 1. The van der Waals surface area contributed by atoms with Crippen molar-refractivity contribution in [3.63, 3.8) is 0 Å². The third-order valence-electron chi connectivity index (χ3n) is 4.69. The van der Waals surface area contributed by atoms with Crippen LogP contribution in [-0.2, 0) is 6.61 Å². The number of methoxy groups -OCH3 is 1. The quantitative estimate of drug-likeness (QED) is 0.715. The second-order valence-electron chi connectivity index (χ2n) is 6.64. The number of Topliss-reactive ketones (excluding diaryl/α,β-unsaturated/α-hetero) is 1. The van der Waals surface area contributed by atoms with Gasteiger partial charge in [-0.2, -0.15) is 0 Å². The Morgan fingerprint density at radius 2 is 1.73 bits per heavy atom. The predicted molar refractivity (Wildman–Crippen MR) is 102 cm³/mol. The monoisotopic (exact) mass is 354 g/mol. The van der Waals surface area contributed by atoms with E-state index in [1.165, 1.54) is 0 Å². The second kappa shape index (κ2) is 8.83. The van der Waals surface area contributed by atoms with Crippen LogP contribution in [0.1, 0.15) is 15.9 Å². The first-order valence-corrected chi connectivity index (χ1v) is 8.94. The molecule has 0 aliphatic carbocycles. The zero-order chi connectivity index (χ0) is 18.4. The molecule has 5 heteroatoms. The molecule has 0 spiro atoms. The van der Waals surface area contributed by atoms with E-state index in [2.05, 4.69) is 16.8 Å². The molecule has 1 aliphatic heterocycles. The molecule has 0 bridgehead atoms. The Bertz CT molecular complexity index is 725. The molecule has 2 aromatic carbocycles. The van der Waals surface area contributed by atoms with Crippen molar-refractivity contribution in [3.05, 3.63) is 59.7 Å². The average Bonchev–Trinajstić information content (AvgIpc) is 2.68. The number of piperazine rings is 1. The number of carbonyl (C=O) groups is 1. The zero-order valence-electron chi connectivity index (χ0n) is 15.5. The lowest BCUT2D eigenvalue weighted by atomic mass is 10.1. The summed E-state index contributed by atoms with van der Waals surface area (Å²) in [6.07, 6.45) is 0. The zero-order valence-corrected chi connectivity index (χ0v) is 15.5. The molecule has 138 valence electrons. The molecule has 0 radical (unpaired) electrons. The smallest absolute Gasteiger partial charge is 0.176 e. The van der Waals surface area contributed by atoms with Crippen LogP contribution in [0.4, 0.5) is 0 Å². The van der Waals surface area contributed by atoms with Gasteiger partial charge in [0.05, 0.1) is 13.7 Å². The summed E-state index contributed by atoms with van der Waals surface area (Å²) < 4.78 is 11.3. The van der Waals surface area contributed by atoms with Gasteiger partial charge >= 0.3 is 0 Å². The van der Waals surface area contributed by atoms with Gasteiger partial charge in [0, 0.05) is 31.7 Å². The van der Waals surface area contributed by atoms with E-state index in [1.807, 2.05) is 42.5 Å². The van der Waals surface area contributed by atoms with Crippen LogP contribution < -0.4 is 9.47 Å². The maximum absolute atomic E-state index is 12.6. The highest BCUT2D eigenvalue weighted by molar-refractivity contribution is 5.98. The fourth-order valence-electron chi connectivity index (χ4n) is 3.00. The van der Waals surface area contributed by atoms with E-state index in [0.29, 0.717) is 30.2 Å². The number of carbonyl (C=O) groups excluding carboxylic acids is 1. The maximum Gasteiger partial charge on any atom is 0.176 e. The highest BCUT2D eigenvalue weighted by Crippen LogP contribution is 2.29. The predicted octanol–water partition coefficient (Wildman–Crippen LogP) is 2.70. The largest absolute Gasteiger partial charge is 0.493 e. The van der Waals surface area contributed by atoms with Gasteiger partial charge in [-0.1, -0.05) is 30.3 Å². The van der Waals surface area contributed by atoms with E-state index in [0.717, 1.165) is 31.7 Å². The summed E-state index contributed by atoms with van der Waals surface area (Å²) in [5.41, 5.74) is 1.75. The summed E-state index contributed by atoms with van der Waals surface area (Å²) in [6, 6.07) is 15.4. The van der Waals surface area contributed by atoms with Gasteiger partial charge < -0.3 is 14.4 Å². The first-order chi connectivity index (χ1) is 12.7. The Labute approximate surface area is 155 Å². The van der Waals surface area contributed by atoms with E-state index in [-0.39, 0.29) is 5.78 Å². The van der Waals surface area contributed by atoms with Crippen LogP contribution in [0.2, 0.25) is 0 Å².